The van der Waals surface area contributed by atoms with Crippen molar-refractivity contribution in [3.8, 4) is 0 Å². The average molecular weight is 447 g/mol. The Bertz CT molecular complexity index is 808. The number of nitrogens with one attached hydrogen (secondary N) is 2. The highest BCUT2D eigenvalue weighted by Gasteiger charge is 2.22. The molecule has 1 aromatic heterocycles. The second-order valence-electron chi connectivity index (χ2n) is 7.30. The molecule has 0 spiro atoms. The lowest BCUT2D eigenvalue weighted by atomic mass is 10.1. The molecule has 0 saturated carbocycles. The number of piperidine rings is 1. The van der Waals surface area contributed by atoms with Crippen molar-refractivity contribution in [2.75, 3.05) is 27.2 Å². The number of carbonyl (C=O) groups is 1. The Hall–Kier alpha value is -1.74. The lowest BCUT2D eigenvalue weighted by Gasteiger charge is -2.23. The maximum atomic E-state index is 13.9. The number of hydrogen-bond acceptors (Lipinski definition) is 5. The molecule has 2 N–H and O–H groups in total. The Labute approximate surface area is 183 Å². The van der Waals surface area contributed by atoms with E-state index in [1.165, 1.54) is 6.07 Å². The third-order valence-corrected chi connectivity index (χ3v) is 4.85. The number of amides is 1. The van der Waals surface area contributed by atoms with Gasteiger partial charge < -0.3 is 15.5 Å². The Kier molecular flexibility index (Phi) is 9.98. The van der Waals surface area contributed by atoms with Gasteiger partial charge in [-0.15, -0.1) is 29.9 Å². The molecule has 162 valence electrons. The van der Waals surface area contributed by atoms with E-state index in [-0.39, 0.29) is 42.6 Å². The first-order valence-corrected chi connectivity index (χ1v) is 9.28. The van der Waals surface area contributed by atoms with Crippen LogP contribution >= 0.6 is 24.8 Å². The van der Waals surface area contributed by atoms with E-state index in [2.05, 4.69) is 20.9 Å². The highest BCUT2D eigenvalue weighted by Crippen LogP contribution is 2.20. The van der Waals surface area contributed by atoms with Gasteiger partial charge in [0.1, 0.15) is 5.82 Å². The zero-order chi connectivity index (χ0) is 19.4. The normalized spacial score (nSPS) is 14.2. The molecular formula is C19H29Cl2FN6O. The van der Waals surface area contributed by atoms with Gasteiger partial charge in [-0.05, 0) is 64.6 Å². The van der Waals surface area contributed by atoms with Crippen molar-refractivity contribution >= 4 is 30.7 Å². The van der Waals surface area contributed by atoms with Crippen LogP contribution in [0.3, 0.4) is 0 Å². The molecule has 0 unspecified atom stereocenters. The fourth-order valence-electron chi connectivity index (χ4n) is 3.41. The van der Waals surface area contributed by atoms with Crippen molar-refractivity contribution in [3.05, 3.63) is 46.5 Å². The largest absolute Gasteiger partial charge is 0.347 e. The van der Waals surface area contributed by atoms with Crippen LogP contribution in [0.25, 0.3) is 0 Å². The smallest absolute Gasteiger partial charge is 0.274 e. The maximum absolute atomic E-state index is 13.9. The van der Waals surface area contributed by atoms with Crippen molar-refractivity contribution in [2.24, 2.45) is 0 Å². The van der Waals surface area contributed by atoms with Gasteiger partial charge in [0.05, 0.1) is 11.7 Å². The molecule has 0 atom stereocenters. The number of benzene rings is 1. The van der Waals surface area contributed by atoms with Gasteiger partial charge in [-0.25, -0.2) is 9.07 Å². The molecule has 2 heterocycles. The van der Waals surface area contributed by atoms with Crippen molar-refractivity contribution < 1.29 is 9.18 Å². The van der Waals surface area contributed by atoms with E-state index in [9.17, 15) is 9.18 Å². The summed E-state index contributed by atoms with van der Waals surface area (Å²) in [5, 5.41) is 14.5. The predicted octanol–water partition coefficient (Wildman–Crippen LogP) is 2.49. The van der Waals surface area contributed by atoms with Crippen LogP contribution in [-0.4, -0.2) is 53.0 Å². The lowest BCUT2D eigenvalue weighted by molar-refractivity contribution is 0.0945. The highest BCUT2D eigenvalue weighted by atomic mass is 35.5. The van der Waals surface area contributed by atoms with Crippen LogP contribution in [0.15, 0.2) is 18.2 Å². The van der Waals surface area contributed by atoms with Crippen LogP contribution in [0.2, 0.25) is 0 Å². The second-order valence-corrected chi connectivity index (χ2v) is 7.30. The average Bonchev–Trinajstić information content (AvgIpc) is 3.04. The van der Waals surface area contributed by atoms with E-state index < -0.39 is 0 Å². The maximum Gasteiger partial charge on any atom is 0.274 e. The molecule has 1 aliphatic rings. The fraction of sp³-hybridized carbons (Fsp3) is 0.526. The van der Waals surface area contributed by atoms with Crippen LogP contribution in [-0.2, 0) is 13.1 Å². The summed E-state index contributed by atoms with van der Waals surface area (Å²) in [6, 6.07) is 5.20. The first-order chi connectivity index (χ1) is 13.0. The van der Waals surface area contributed by atoms with E-state index in [1.807, 2.05) is 30.6 Å². The van der Waals surface area contributed by atoms with Crippen LogP contribution in [0.4, 0.5) is 4.39 Å². The lowest BCUT2D eigenvalue weighted by Crippen LogP contribution is -2.30. The minimum atomic E-state index is -0.258. The summed E-state index contributed by atoms with van der Waals surface area (Å²) in [6.45, 7) is 4.61. The van der Waals surface area contributed by atoms with Gasteiger partial charge in [0.2, 0.25) is 0 Å². The highest BCUT2D eigenvalue weighted by molar-refractivity contribution is 5.93. The number of rotatable bonds is 6. The number of carbonyl (C=O) groups excluding carboxylic acids is 1. The quantitative estimate of drug-likeness (QED) is 0.712. The molecule has 1 amide bonds. The number of hydrogen-bond donors (Lipinski definition) is 2. The Morgan fingerprint density at radius 1 is 1.31 bits per heavy atom. The summed E-state index contributed by atoms with van der Waals surface area (Å²) < 4.78 is 15.8. The molecule has 0 aliphatic carbocycles. The zero-order valence-electron chi connectivity index (χ0n) is 16.9. The summed E-state index contributed by atoms with van der Waals surface area (Å²) in [6.07, 6.45) is 1.96. The van der Waals surface area contributed by atoms with Gasteiger partial charge in [-0.2, -0.15) is 0 Å². The van der Waals surface area contributed by atoms with Gasteiger partial charge in [0.25, 0.3) is 5.91 Å². The van der Waals surface area contributed by atoms with Gasteiger partial charge >= 0.3 is 0 Å². The van der Waals surface area contributed by atoms with Crippen LogP contribution < -0.4 is 10.6 Å². The monoisotopic (exact) mass is 446 g/mol. The molecule has 29 heavy (non-hydrogen) atoms. The molecule has 3 rings (SSSR count). The Morgan fingerprint density at radius 3 is 2.66 bits per heavy atom. The first kappa shape index (κ1) is 25.3. The van der Waals surface area contributed by atoms with E-state index >= 15 is 0 Å². The van der Waals surface area contributed by atoms with E-state index in [4.69, 9.17) is 0 Å². The molecule has 1 fully saturated rings. The predicted molar refractivity (Wildman–Crippen MR) is 115 cm³/mol. The molecule has 2 aromatic rings. The number of aromatic nitrogens is 3. The summed E-state index contributed by atoms with van der Waals surface area (Å²) in [5.74, 6) is -0.495. The van der Waals surface area contributed by atoms with Crippen molar-refractivity contribution in [1.82, 2.24) is 30.5 Å². The SMILES string of the molecule is Cc1c(C(=O)NCc2ccc(F)c(CN(C)C)c2)nnn1C1CCNCC1.Cl.Cl. The Balaban J connectivity index is 0.00000210. The molecule has 1 aromatic carbocycles. The minimum absolute atomic E-state index is 0. The molecule has 10 heteroatoms. The molecular weight excluding hydrogens is 418 g/mol. The van der Waals surface area contributed by atoms with Crippen LogP contribution in [0.5, 0.6) is 0 Å². The van der Waals surface area contributed by atoms with Gasteiger partial charge in [-0.1, -0.05) is 11.3 Å². The van der Waals surface area contributed by atoms with Crippen molar-refractivity contribution in [2.45, 2.75) is 38.9 Å². The van der Waals surface area contributed by atoms with E-state index in [0.29, 0.717) is 24.3 Å². The van der Waals surface area contributed by atoms with Crippen LogP contribution in [0, 0.1) is 12.7 Å². The third kappa shape index (κ3) is 6.37. The zero-order valence-corrected chi connectivity index (χ0v) is 18.6. The van der Waals surface area contributed by atoms with E-state index in [0.717, 1.165) is 37.2 Å². The first-order valence-electron chi connectivity index (χ1n) is 9.28. The van der Waals surface area contributed by atoms with Gasteiger partial charge in [0.15, 0.2) is 5.69 Å². The summed E-state index contributed by atoms with van der Waals surface area (Å²) in [7, 11) is 3.78. The topological polar surface area (TPSA) is 75.1 Å². The van der Waals surface area contributed by atoms with Crippen molar-refractivity contribution in [3.63, 3.8) is 0 Å². The summed E-state index contributed by atoms with van der Waals surface area (Å²) >= 11 is 0. The fourth-order valence-corrected chi connectivity index (χ4v) is 3.41. The van der Waals surface area contributed by atoms with Crippen LogP contribution in [0.1, 0.15) is 46.2 Å². The molecule has 1 saturated heterocycles. The van der Waals surface area contributed by atoms with E-state index in [1.54, 1.807) is 12.1 Å². The Morgan fingerprint density at radius 2 is 2.00 bits per heavy atom. The summed E-state index contributed by atoms with van der Waals surface area (Å²) in [4.78, 5) is 14.4. The van der Waals surface area contributed by atoms with Gasteiger partial charge in [0, 0.05) is 18.7 Å². The molecule has 1 aliphatic heterocycles. The molecule has 7 nitrogen and oxygen atoms in total. The van der Waals surface area contributed by atoms with Gasteiger partial charge in [-0.3, -0.25) is 4.79 Å². The molecule has 0 radical (unpaired) electrons. The summed E-state index contributed by atoms with van der Waals surface area (Å²) in [5.41, 5.74) is 2.60. The molecule has 0 bridgehead atoms. The minimum Gasteiger partial charge on any atom is -0.347 e. The third-order valence-electron chi connectivity index (χ3n) is 4.85. The standard InChI is InChI=1S/C19H27FN6O.2ClH/c1-13-18(23-24-26(13)16-6-8-21-9-7-16)19(27)22-11-14-4-5-17(20)15(10-14)12-25(2)3;;/h4-5,10,16,21H,6-9,11-12H2,1-3H3,(H,22,27);2*1H. The van der Waals surface area contributed by atoms with Crippen molar-refractivity contribution in [1.29, 1.82) is 0 Å². The number of halogens is 3. The number of nitrogens with zero attached hydrogens (tertiary/aromatic N) is 4. The second kappa shape index (κ2) is 11.4.